The Morgan fingerprint density at radius 2 is 2.03 bits per heavy atom. The Balaban J connectivity index is 1.51. The van der Waals surface area contributed by atoms with Gasteiger partial charge in [0.15, 0.2) is 5.78 Å². The highest BCUT2D eigenvalue weighted by Gasteiger charge is 2.38. The molecule has 0 bridgehead atoms. The minimum Gasteiger partial charge on any atom is -0.354 e. The molecule has 2 aliphatic rings. The third kappa shape index (κ3) is 3.18. The number of hydrogen-bond donors (Lipinski definition) is 1. The number of carbonyl (C=O) groups is 2. The van der Waals surface area contributed by atoms with Gasteiger partial charge in [-0.2, -0.15) is 0 Å². The molecule has 1 aromatic carbocycles. The monoisotopic (exact) mass is 421 g/mol. The molecule has 1 saturated heterocycles. The lowest BCUT2D eigenvalue weighted by Crippen LogP contribution is -2.39. The standard InChI is InChI=1S/C24H27N3O2S/c1-14-20-16(12-24(2,3)13-18(20)28)25-21(14)23(29)27-11-7-6-9-17(27)22-26-15-8-4-5-10-19(15)30-22/h4-5,8,10,17,25H,6-7,9,11-13H2,1-3H3/t17-/m1/s1. The van der Waals surface area contributed by atoms with Crippen molar-refractivity contribution in [1.82, 2.24) is 14.9 Å². The molecule has 30 heavy (non-hydrogen) atoms. The summed E-state index contributed by atoms with van der Waals surface area (Å²) in [5.74, 6) is 0.145. The van der Waals surface area contributed by atoms with Crippen LogP contribution in [-0.4, -0.2) is 33.1 Å². The van der Waals surface area contributed by atoms with E-state index in [4.69, 9.17) is 4.98 Å². The van der Waals surface area contributed by atoms with Gasteiger partial charge in [-0.15, -0.1) is 11.3 Å². The zero-order valence-corrected chi connectivity index (χ0v) is 18.6. The number of benzene rings is 1. The van der Waals surface area contributed by atoms with Gasteiger partial charge in [0.1, 0.15) is 10.7 Å². The summed E-state index contributed by atoms with van der Waals surface area (Å²) >= 11 is 1.68. The second-order valence-corrected chi connectivity index (χ2v) is 10.5. The van der Waals surface area contributed by atoms with Crippen molar-refractivity contribution in [2.24, 2.45) is 5.41 Å². The van der Waals surface area contributed by atoms with Crippen LogP contribution >= 0.6 is 11.3 Å². The quantitative estimate of drug-likeness (QED) is 0.598. The van der Waals surface area contributed by atoms with Gasteiger partial charge in [0.25, 0.3) is 5.91 Å². The Morgan fingerprint density at radius 1 is 1.23 bits per heavy atom. The highest BCUT2D eigenvalue weighted by molar-refractivity contribution is 7.18. The maximum absolute atomic E-state index is 13.7. The molecule has 3 heterocycles. The van der Waals surface area contributed by atoms with E-state index in [1.807, 2.05) is 30.0 Å². The predicted octanol–water partition coefficient (Wildman–Crippen LogP) is 5.46. The number of nitrogens with one attached hydrogen (secondary N) is 1. The number of H-pyrrole nitrogens is 1. The maximum Gasteiger partial charge on any atom is 0.271 e. The van der Waals surface area contributed by atoms with Crippen molar-refractivity contribution in [2.75, 3.05) is 6.54 Å². The highest BCUT2D eigenvalue weighted by Crippen LogP contribution is 2.39. The van der Waals surface area contributed by atoms with Crippen molar-refractivity contribution in [3.63, 3.8) is 0 Å². The Kier molecular flexibility index (Phi) is 4.58. The summed E-state index contributed by atoms with van der Waals surface area (Å²) in [5.41, 5.74) is 3.98. The number of para-hydroxylation sites is 1. The van der Waals surface area contributed by atoms with Gasteiger partial charge < -0.3 is 9.88 Å². The highest BCUT2D eigenvalue weighted by atomic mass is 32.1. The first-order chi connectivity index (χ1) is 14.3. The van der Waals surface area contributed by atoms with Crippen molar-refractivity contribution in [3.05, 3.63) is 51.8 Å². The lowest BCUT2D eigenvalue weighted by molar-refractivity contribution is 0.0605. The number of aromatic nitrogens is 2. The lowest BCUT2D eigenvalue weighted by atomic mass is 9.75. The molecule has 1 aliphatic heterocycles. The Hall–Kier alpha value is -2.47. The van der Waals surface area contributed by atoms with E-state index in [-0.39, 0.29) is 23.1 Å². The molecule has 6 heteroatoms. The van der Waals surface area contributed by atoms with Crippen LogP contribution in [0.5, 0.6) is 0 Å². The molecule has 2 aromatic heterocycles. The second-order valence-electron chi connectivity index (χ2n) is 9.45. The fraction of sp³-hybridized carbons (Fsp3) is 0.458. The van der Waals surface area contributed by atoms with Crippen LogP contribution in [0.3, 0.4) is 0 Å². The smallest absolute Gasteiger partial charge is 0.271 e. The molecule has 1 amide bonds. The average molecular weight is 422 g/mol. The molecule has 0 unspecified atom stereocenters. The number of aromatic amines is 1. The lowest BCUT2D eigenvalue weighted by Gasteiger charge is -2.34. The molecule has 1 aliphatic carbocycles. The zero-order valence-electron chi connectivity index (χ0n) is 17.7. The normalized spacial score (nSPS) is 21.1. The van der Waals surface area contributed by atoms with Crippen LogP contribution in [-0.2, 0) is 6.42 Å². The molecule has 5 rings (SSSR count). The topological polar surface area (TPSA) is 66.1 Å². The Labute approximate surface area is 180 Å². The Bertz CT molecular complexity index is 1120. The van der Waals surface area contributed by atoms with E-state index in [0.717, 1.165) is 64.3 Å². The van der Waals surface area contributed by atoms with E-state index in [1.165, 1.54) is 0 Å². The number of carbonyl (C=O) groups excluding carboxylic acids is 2. The SMILES string of the molecule is Cc1c(C(=O)N2CCCC[C@@H]2c2nc3ccccc3s2)[nH]c2c1C(=O)CC(C)(C)C2. The fourth-order valence-electron chi connectivity index (χ4n) is 5.05. The van der Waals surface area contributed by atoms with E-state index in [1.54, 1.807) is 11.3 Å². The van der Waals surface area contributed by atoms with Gasteiger partial charge >= 0.3 is 0 Å². The summed E-state index contributed by atoms with van der Waals surface area (Å²) < 4.78 is 1.16. The fourth-order valence-corrected chi connectivity index (χ4v) is 6.17. The number of rotatable bonds is 2. The molecule has 0 spiro atoms. The van der Waals surface area contributed by atoms with E-state index in [2.05, 4.69) is 24.9 Å². The zero-order chi connectivity index (χ0) is 21.0. The summed E-state index contributed by atoms with van der Waals surface area (Å²) in [6.07, 6.45) is 4.35. The van der Waals surface area contributed by atoms with E-state index < -0.39 is 0 Å². The number of ketones is 1. The second kappa shape index (κ2) is 7.05. The number of likely N-dealkylation sites (tertiary alicyclic amines) is 1. The van der Waals surface area contributed by atoms with Gasteiger partial charge in [-0.3, -0.25) is 9.59 Å². The summed E-state index contributed by atoms with van der Waals surface area (Å²) in [6.45, 7) is 6.86. The van der Waals surface area contributed by atoms with Crippen LogP contribution in [0.2, 0.25) is 0 Å². The number of amides is 1. The number of Topliss-reactive ketones (excluding diaryl/α,β-unsaturated/α-hetero) is 1. The van der Waals surface area contributed by atoms with Gasteiger partial charge in [0.05, 0.1) is 16.3 Å². The molecule has 0 saturated carbocycles. The number of nitrogens with zero attached hydrogens (tertiary/aromatic N) is 2. The molecular formula is C24H27N3O2S. The summed E-state index contributed by atoms with van der Waals surface area (Å²) in [4.78, 5) is 36.6. The first-order valence-electron chi connectivity index (χ1n) is 10.8. The molecule has 5 nitrogen and oxygen atoms in total. The molecular weight excluding hydrogens is 394 g/mol. The van der Waals surface area contributed by atoms with E-state index in [0.29, 0.717) is 12.1 Å². The number of thiazole rings is 1. The van der Waals surface area contributed by atoms with Crippen LogP contribution in [0.1, 0.15) is 82.7 Å². The number of hydrogen-bond acceptors (Lipinski definition) is 4. The third-order valence-corrected chi connectivity index (χ3v) is 7.61. The average Bonchev–Trinajstić information content (AvgIpc) is 3.27. The maximum atomic E-state index is 13.7. The minimum atomic E-state index is -0.0731. The van der Waals surface area contributed by atoms with Crippen molar-refractivity contribution < 1.29 is 9.59 Å². The summed E-state index contributed by atoms with van der Waals surface area (Å²) in [5, 5.41) is 1.01. The van der Waals surface area contributed by atoms with Crippen molar-refractivity contribution >= 4 is 33.2 Å². The van der Waals surface area contributed by atoms with Crippen molar-refractivity contribution in [1.29, 1.82) is 0 Å². The summed E-state index contributed by atoms with van der Waals surface area (Å²) in [6, 6.07) is 8.14. The first kappa shape index (κ1) is 19.5. The predicted molar refractivity (Wildman–Crippen MR) is 119 cm³/mol. The molecule has 1 atom stereocenters. The third-order valence-electron chi connectivity index (χ3n) is 6.47. The van der Waals surface area contributed by atoms with Crippen molar-refractivity contribution in [3.8, 4) is 0 Å². The van der Waals surface area contributed by atoms with Gasteiger partial charge in [-0.25, -0.2) is 4.98 Å². The van der Waals surface area contributed by atoms with Crippen LogP contribution in [0.15, 0.2) is 24.3 Å². The van der Waals surface area contributed by atoms with Gasteiger partial charge in [-0.05, 0) is 55.7 Å². The van der Waals surface area contributed by atoms with Crippen LogP contribution in [0.25, 0.3) is 10.2 Å². The largest absolute Gasteiger partial charge is 0.354 e. The van der Waals surface area contributed by atoms with Crippen LogP contribution in [0.4, 0.5) is 0 Å². The van der Waals surface area contributed by atoms with E-state index >= 15 is 0 Å². The number of fused-ring (bicyclic) bond motifs is 2. The first-order valence-corrected chi connectivity index (χ1v) is 11.6. The van der Waals surface area contributed by atoms with Gasteiger partial charge in [-0.1, -0.05) is 26.0 Å². The van der Waals surface area contributed by atoms with Crippen LogP contribution in [0, 0.1) is 12.3 Å². The Morgan fingerprint density at radius 3 is 2.83 bits per heavy atom. The minimum absolute atomic E-state index is 0.00328. The molecule has 156 valence electrons. The molecule has 1 N–H and O–H groups in total. The summed E-state index contributed by atoms with van der Waals surface area (Å²) in [7, 11) is 0. The molecule has 3 aromatic rings. The molecule has 1 fully saturated rings. The van der Waals surface area contributed by atoms with Crippen molar-refractivity contribution in [2.45, 2.75) is 58.9 Å². The van der Waals surface area contributed by atoms with Crippen LogP contribution < -0.4 is 0 Å². The molecule has 0 radical (unpaired) electrons. The number of piperidine rings is 1. The van der Waals surface area contributed by atoms with E-state index in [9.17, 15) is 9.59 Å². The van der Waals surface area contributed by atoms with Gasteiger partial charge in [0, 0.05) is 24.2 Å². The van der Waals surface area contributed by atoms with Gasteiger partial charge in [0.2, 0.25) is 0 Å².